The lowest BCUT2D eigenvalue weighted by molar-refractivity contribution is 0.0955. The van der Waals surface area contributed by atoms with Crippen molar-refractivity contribution in [2.75, 3.05) is 5.32 Å². The number of halogens is 1. The van der Waals surface area contributed by atoms with Crippen LogP contribution < -0.4 is 9.50 Å². The van der Waals surface area contributed by atoms with E-state index >= 15 is 0 Å². The molecule has 0 aliphatic heterocycles. The van der Waals surface area contributed by atoms with E-state index in [1.165, 1.54) is 30.5 Å². The molecule has 0 unspecified atom stereocenters. The van der Waals surface area contributed by atoms with Crippen LogP contribution in [0.1, 0.15) is 39.3 Å². The number of nitrogens with one attached hydrogen (secondary N) is 1. The van der Waals surface area contributed by atoms with Crippen molar-refractivity contribution in [1.82, 2.24) is 0 Å². The summed E-state index contributed by atoms with van der Waals surface area (Å²) in [5.41, 5.74) is 0.783. The van der Waals surface area contributed by atoms with Crippen molar-refractivity contribution in [3.05, 3.63) is 47.4 Å². The van der Waals surface area contributed by atoms with Crippen molar-refractivity contribution >= 4 is 27.9 Å². The summed E-state index contributed by atoms with van der Waals surface area (Å²) in [6.45, 7) is 0. The molecule has 24 heavy (non-hydrogen) atoms. The van der Waals surface area contributed by atoms with E-state index in [1.807, 2.05) is 0 Å². The first-order valence-corrected chi connectivity index (χ1v) is 8.33. The Balaban J connectivity index is 1.76. The number of furan rings is 1. The fourth-order valence-corrected chi connectivity index (χ4v) is 2.84. The summed E-state index contributed by atoms with van der Waals surface area (Å²) in [6.07, 6.45) is 2.92. The van der Waals surface area contributed by atoms with Crippen molar-refractivity contribution in [2.24, 2.45) is 0 Å². The molecular weight excluding hydrogens is 341 g/mol. The van der Waals surface area contributed by atoms with Crippen LogP contribution in [-0.2, 0) is 16.9 Å². The molecule has 0 radical (unpaired) electrons. The van der Waals surface area contributed by atoms with Gasteiger partial charge in [-0.05, 0) is 30.7 Å². The van der Waals surface area contributed by atoms with E-state index in [9.17, 15) is 21.9 Å². The van der Waals surface area contributed by atoms with Crippen LogP contribution in [0.2, 0.25) is 0 Å². The van der Waals surface area contributed by atoms with Gasteiger partial charge in [0.2, 0.25) is 0 Å². The highest BCUT2D eigenvalue weighted by molar-refractivity contribution is 7.81. The van der Waals surface area contributed by atoms with Gasteiger partial charge in [-0.2, -0.15) is 8.42 Å². The summed E-state index contributed by atoms with van der Waals surface area (Å²) in [6, 6.07) is 5.05. The number of hydrogen-bond acceptors (Lipinski definition) is 6. The highest BCUT2D eigenvalue weighted by Crippen LogP contribution is 2.27. The van der Waals surface area contributed by atoms with Gasteiger partial charge >= 0.3 is 10.5 Å². The van der Waals surface area contributed by atoms with Gasteiger partial charge in [0.15, 0.2) is 5.78 Å². The fourth-order valence-electron chi connectivity index (χ4n) is 2.50. The smallest absolute Gasteiger partial charge is 0.468 e. The Hall–Kier alpha value is -2.68. The lowest BCUT2D eigenvalue weighted by Gasteiger charge is -2.10. The fraction of sp³-hybridized carbons (Fsp3) is 0.200. The van der Waals surface area contributed by atoms with Crippen molar-refractivity contribution in [2.45, 2.75) is 19.3 Å². The van der Waals surface area contributed by atoms with Crippen molar-refractivity contribution in [1.29, 1.82) is 0 Å². The van der Waals surface area contributed by atoms with Gasteiger partial charge in [-0.15, -0.1) is 0 Å². The van der Waals surface area contributed by atoms with Crippen molar-refractivity contribution in [3.8, 4) is 5.75 Å². The zero-order valence-electron chi connectivity index (χ0n) is 12.2. The maximum Gasteiger partial charge on any atom is 0.488 e. The number of carbonyl (C=O) groups excluding carboxylic acids is 2. The van der Waals surface area contributed by atoms with Gasteiger partial charge in [-0.3, -0.25) is 9.59 Å². The van der Waals surface area contributed by atoms with Crippen LogP contribution in [0.3, 0.4) is 0 Å². The Morgan fingerprint density at radius 1 is 1.21 bits per heavy atom. The molecule has 1 heterocycles. The Bertz CT molecular complexity index is 901. The van der Waals surface area contributed by atoms with Gasteiger partial charge in [-0.1, -0.05) is 3.89 Å². The molecule has 9 heteroatoms. The average Bonchev–Trinajstić information content (AvgIpc) is 2.93. The molecule has 1 aliphatic carbocycles. The maximum atomic E-state index is 12.4. The normalized spacial score (nSPS) is 14.1. The minimum absolute atomic E-state index is 0.132. The number of ketones is 1. The number of Topliss-reactive ketones (excluding diaryl/α,β-unsaturated/α-hetero) is 1. The van der Waals surface area contributed by atoms with Gasteiger partial charge in [0, 0.05) is 18.5 Å². The number of amides is 1. The number of hydrogen-bond donors (Lipinski definition) is 1. The predicted molar refractivity (Wildman–Crippen MR) is 81.0 cm³/mol. The van der Waals surface area contributed by atoms with Crippen LogP contribution in [0, 0.1) is 0 Å². The lowest BCUT2D eigenvalue weighted by Crippen LogP contribution is -2.17. The first-order valence-electron chi connectivity index (χ1n) is 7.02. The van der Waals surface area contributed by atoms with Gasteiger partial charge in [0.05, 0.1) is 11.1 Å². The number of rotatable bonds is 4. The minimum Gasteiger partial charge on any atom is -0.468 e. The van der Waals surface area contributed by atoms with Gasteiger partial charge in [0.25, 0.3) is 5.91 Å². The van der Waals surface area contributed by atoms with E-state index in [0.717, 1.165) is 0 Å². The van der Waals surface area contributed by atoms with E-state index in [0.29, 0.717) is 36.3 Å². The molecule has 0 spiro atoms. The Morgan fingerprint density at radius 3 is 2.58 bits per heavy atom. The number of aryl methyl sites for hydroxylation is 1. The molecule has 126 valence electrons. The molecule has 7 nitrogen and oxygen atoms in total. The van der Waals surface area contributed by atoms with E-state index in [1.54, 1.807) is 0 Å². The highest BCUT2D eigenvalue weighted by atomic mass is 32.3. The molecule has 1 aromatic carbocycles. The van der Waals surface area contributed by atoms with Gasteiger partial charge < -0.3 is 13.9 Å². The second-order valence-electron chi connectivity index (χ2n) is 5.18. The zero-order chi connectivity index (χ0) is 17.3. The molecule has 1 aromatic heterocycles. The van der Waals surface area contributed by atoms with Crippen LogP contribution in [0.15, 0.2) is 34.9 Å². The topological polar surface area (TPSA) is 103 Å². The van der Waals surface area contributed by atoms with Crippen molar-refractivity contribution < 1.29 is 30.5 Å². The van der Waals surface area contributed by atoms with E-state index in [4.69, 9.17) is 4.42 Å². The monoisotopic (exact) mass is 353 g/mol. The third-order valence-corrected chi connectivity index (χ3v) is 3.90. The van der Waals surface area contributed by atoms with Crippen LogP contribution >= 0.6 is 0 Å². The SMILES string of the molecule is O=C(Nc1ccc(OS(=O)(=O)F)cc1)c1coc2c1C(=O)CCC2. The largest absolute Gasteiger partial charge is 0.488 e. The third-order valence-electron chi connectivity index (χ3n) is 3.51. The van der Waals surface area contributed by atoms with E-state index < -0.39 is 16.4 Å². The molecular formula is C15H12FNO6S. The molecule has 0 bridgehead atoms. The predicted octanol–water partition coefficient (Wildman–Crippen LogP) is 2.64. The summed E-state index contributed by atoms with van der Waals surface area (Å²) < 4.78 is 42.5. The zero-order valence-corrected chi connectivity index (χ0v) is 13.1. The standard InChI is InChI=1S/C15H12FNO6S/c16-24(20,21)23-10-6-4-9(5-7-10)17-15(19)11-8-22-13-3-1-2-12(18)14(11)13/h4-8H,1-3H2,(H,17,19). The number of benzene rings is 1. The number of carbonyl (C=O) groups is 2. The molecule has 0 fully saturated rings. The van der Waals surface area contributed by atoms with Crippen molar-refractivity contribution in [3.63, 3.8) is 0 Å². The van der Waals surface area contributed by atoms with Crippen LogP contribution in [0.4, 0.5) is 9.57 Å². The highest BCUT2D eigenvalue weighted by Gasteiger charge is 2.27. The van der Waals surface area contributed by atoms with E-state index in [2.05, 4.69) is 9.50 Å². The first kappa shape index (κ1) is 16.2. The second kappa shape index (κ2) is 6.08. The van der Waals surface area contributed by atoms with Gasteiger partial charge in [0.1, 0.15) is 17.8 Å². The Kier molecular flexibility index (Phi) is 4.10. The summed E-state index contributed by atoms with van der Waals surface area (Å²) in [4.78, 5) is 24.2. The maximum absolute atomic E-state index is 12.4. The number of fused-ring (bicyclic) bond motifs is 1. The first-order chi connectivity index (χ1) is 11.3. The Labute approximate surface area is 136 Å². The van der Waals surface area contributed by atoms with Crippen LogP contribution in [0.25, 0.3) is 0 Å². The molecule has 0 saturated carbocycles. The third kappa shape index (κ3) is 3.46. The minimum atomic E-state index is -5.10. The number of anilines is 1. The summed E-state index contributed by atoms with van der Waals surface area (Å²) in [7, 11) is -5.10. The molecule has 2 aromatic rings. The lowest BCUT2D eigenvalue weighted by atomic mass is 9.94. The van der Waals surface area contributed by atoms with E-state index in [-0.39, 0.29) is 17.1 Å². The summed E-state index contributed by atoms with van der Waals surface area (Å²) in [5, 5.41) is 2.56. The van der Waals surface area contributed by atoms with Crippen LogP contribution in [-0.4, -0.2) is 20.1 Å². The summed E-state index contributed by atoms with van der Waals surface area (Å²) in [5.74, 6) is -0.381. The average molecular weight is 353 g/mol. The van der Waals surface area contributed by atoms with Crippen LogP contribution in [0.5, 0.6) is 5.75 Å². The second-order valence-corrected chi connectivity index (χ2v) is 6.13. The summed E-state index contributed by atoms with van der Waals surface area (Å²) >= 11 is 0. The molecule has 1 amide bonds. The quantitative estimate of drug-likeness (QED) is 0.848. The molecule has 0 saturated heterocycles. The molecule has 1 aliphatic rings. The van der Waals surface area contributed by atoms with Gasteiger partial charge in [-0.25, -0.2) is 0 Å². The molecule has 3 rings (SSSR count). The molecule has 0 atom stereocenters. The molecule has 1 N–H and O–H groups in total. The Morgan fingerprint density at radius 2 is 1.92 bits per heavy atom.